The summed E-state index contributed by atoms with van der Waals surface area (Å²) in [5.41, 5.74) is 2.13. The number of ether oxygens (including phenoxy) is 1. The number of unbranched alkanes of at least 4 members (excludes halogenated alkanes) is 4. The molecule has 2 atom stereocenters. The molecule has 3 N–H and O–H groups in total. The van der Waals surface area contributed by atoms with Crippen molar-refractivity contribution in [3.8, 4) is 0 Å². The lowest BCUT2D eigenvalue weighted by Gasteiger charge is -2.34. The summed E-state index contributed by atoms with van der Waals surface area (Å²) in [5, 5.41) is 15.6. The maximum Gasteiger partial charge on any atom is 0.408 e. The van der Waals surface area contributed by atoms with Crippen LogP contribution in [-0.4, -0.2) is 52.7 Å². The maximum absolute atomic E-state index is 14.0. The smallest absolute Gasteiger partial charge is 0.408 e. The molecule has 0 aromatic heterocycles. The number of aliphatic hydroxyl groups is 1. The Labute approximate surface area is 238 Å². The lowest BCUT2D eigenvalue weighted by molar-refractivity contribution is -0.141. The Balaban J connectivity index is 2.51. The fourth-order valence-corrected chi connectivity index (χ4v) is 4.33. The highest BCUT2D eigenvalue weighted by molar-refractivity contribution is 5.99. The molecule has 218 valence electrons. The number of aryl methyl sites for hydroxylation is 1. The van der Waals surface area contributed by atoms with Gasteiger partial charge in [-0.25, -0.2) is 4.79 Å². The normalized spacial score (nSPS) is 12.7. The lowest BCUT2D eigenvalue weighted by Crippen LogP contribution is -2.54. The van der Waals surface area contributed by atoms with Crippen molar-refractivity contribution in [2.24, 2.45) is 0 Å². The first kappa shape index (κ1) is 32.6. The second kappa shape index (κ2) is 15.8. The predicted octanol–water partition coefficient (Wildman–Crippen LogP) is 6.00. The average molecular weight is 552 g/mol. The third-order valence-electron chi connectivity index (χ3n) is 6.38. The minimum Gasteiger partial charge on any atom is -0.444 e. The van der Waals surface area contributed by atoms with Gasteiger partial charge in [-0.2, -0.15) is 0 Å². The third kappa shape index (κ3) is 10.2. The zero-order valence-corrected chi connectivity index (χ0v) is 24.5. The summed E-state index contributed by atoms with van der Waals surface area (Å²) in [6.45, 7) is 12.6. The molecule has 40 heavy (non-hydrogen) atoms. The summed E-state index contributed by atoms with van der Waals surface area (Å²) < 4.78 is 5.32. The molecular weight excluding hydrogens is 506 g/mol. The minimum atomic E-state index is -1.29. The number of benzene rings is 2. The van der Waals surface area contributed by atoms with Crippen molar-refractivity contribution in [3.63, 3.8) is 0 Å². The van der Waals surface area contributed by atoms with Crippen LogP contribution in [0.5, 0.6) is 0 Å². The molecule has 3 amide bonds. The molecule has 0 fully saturated rings. The van der Waals surface area contributed by atoms with E-state index in [4.69, 9.17) is 4.74 Å². The number of carbonyl (C=O) groups is 3. The van der Waals surface area contributed by atoms with Crippen molar-refractivity contribution in [1.29, 1.82) is 0 Å². The number of nitrogens with one attached hydrogen (secondary N) is 2. The Morgan fingerprint density at radius 2 is 1.75 bits per heavy atom. The van der Waals surface area contributed by atoms with Crippen LogP contribution >= 0.6 is 0 Å². The van der Waals surface area contributed by atoms with Gasteiger partial charge < -0.3 is 25.4 Å². The standard InChI is InChI=1S/C32H45N3O5/c1-7-9-10-11-14-20-35(30(38)27(22-36)34-31(39)40-32(4,5)6)28(25-18-15-17-24(8-2)21-25)29(37)33-26-19-13-12-16-23(26)3/h8,12-13,15-19,21,27-28,36H,2,7,9-11,14,20,22H2,1,3-6H3,(H,33,37)(H,34,39). The molecule has 2 aromatic rings. The van der Waals surface area contributed by atoms with Crippen LogP contribution in [0, 0.1) is 6.92 Å². The largest absolute Gasteiger partial charge is 0.444 e. The number of alkyl carbamates (subject to hydrolysis) is 1. The van der Waals surface area contributed by atoms with E-state index in [-0.39, 0.29) is 6.54 Å². The predicted molar refractivity (Wildman–Crippen MR) is 160 cm³/mol. The second-order valence-electron chi connectivity index (χ2n) is 10.9. The number of amides is 3. The number of carbonyl (C=O) groups excluding carboxylic acids is 3. The Morgan fingerprint density at radius 3 is 2.38 bits per heavy atom. The third-order valence-corrected chi connectivity index (χ3v) is 6.38. The molecule has 2 aromatic carbocycles. The number of rotatable bonds is 14. The fraction of sp³-hybridized carbons (Fsp3) is 0.469. The number of hydrogen-bond acceptors (Lipinski definition) is 5. The van der Waals surface area contributed by atoms with Gasteiger partial charge in [0.05, 0.1) is 6.61 Å². The highest BCUT2D eigenvalue weighted by Crippen LogP contribution is 2.27. The van der Waals surface area contributed by atoms with Gasteiger partial charge in [-0.05, 0) is 62.9 Å². The van der Waals surface area contributed by atoms with Gasteiger partial charge in [0.2, 0.25) is 5.91 Å². The molecular formula is C32H45N3O5. The van der Waals surface area contributed by atoms with Crippen molar-refractivity contribution in [1.82, 2.24) is 10.2 Å². The van der Waals surface area contributed by atoms with Crippen molar-refractivity contribution in [3.05, 3.63) is 71.8 Å². The van der Waals surface area contributed by atoms with E-state index >= 15 is 0 Å². The van der Waals surface area contributed by atoms with E-state index in [0.29, 0.717) is 17.7 Å². The molecule has 8 nitrogen and oxygen atoms in total. The van der Waals surface area contributed by atoms with Crippen LogP contribution in [0.25, 0.3) is 6.08 Å². The summed E-state index contributed by atoms with van der Waals surface area (Å²) in [6, 6.07) is 12.4. The molecule has 0 aliphatic heterocycles. The van der Waals surface area contributed by atoms with E-state index in [9.17, 15) is 19.5 Å². The van der Waals surface area contributed by atoms with E-state index in [1.807, 2.05) is 49.4 Å². The minimum absolute atomic E-state index is 0.263. The highest BCUT2D eigenvalue weighted by atomic mass is 16.6. The Hall–Kier alpha value is -3.65. The van der Waals surface area contributed by atoms with Crippen LogP contribution < -0.4 is 10.6 Å². The van der Waals surface area contributed by atoms with Crippen molar-refractivity contribution >= 4 is 29.7 Å². The molecule has 0 saturated heterocycles. The van der Waals surface area contributed by atoms with E-state index in [1.165, 1.54) is 4.90 Å². The molecule has 8 heteroatoms. The summed E-state index contributed by atoms with van der Waals surface area (Å²) in [5.74, 6) is -0.968. The van der Waals surface area contributed by atoms with Crippen LogP contribution in [-0.2, 0) is 14.3 Å². The second-order valence-corrected chi connectivity index (χ2v) is 10.9. The number of hydrogen-bond donors (Lipinski definition) is 3. The van der Waals surface area contributed by atoms with Crippen LogP contribution in [0.15, 0.2) is 55.1 Å². The molecule has 0 aliphatic rings. The number of nitrogens with zero attached hydrogens (tertiary/aromatic N) is 1. The SMILES string of the molecule is C=Cc1cccc(C(C(=O)Nc2ccccc2C)N(CCCCCCC)C(=O)C(CO)NC(=O)OC(C)(C)C)c1. The Bertz CT molecular complexity index is 1140. The zero-order valence-electron chi connectivity index (χ0n) is 24.5. The van der Waals surface area contributed by atoms with E-state index in [0.717, 1.165) is 36.8 Å². The number of anilines is 1. The van der Waals surface area contributed by atoms with E-state index < -0.39 is 42.2 Å². The summed E-state index contributed by atoms with van der Waals surface area (Å²) in [7, 11) is 0. The maximum atomic E-state index is 14.0. The van der Waals surface area contributed by atoms with Gasteiger partial charge in [0, 0.05) is 12.2 Å². The molecule has 2 rings (SSSR count). The number of para-hydroxylation sites is 1. The van der Waals surface area contributed by atoms with Crippen LogP contribution in [0.1, 0.15) is 82.5 Å². The first-order valence-electron chi connectivity index (χ1n) is 14.0. The summed E-state index contributed by atoms with van der Waals surface area (Å²) in [6.07, 6.45) is 5.54. The summed E-state index contributed by atoms with van der Waals surface area (Å²) in [4.78, 5) is 41.9. The Kier molecular flexibility index (Phi) is 12.9. The molecule has 0 heterocycles. The molecule has 0 aliphatic carbocycles. The van der Waals surface area contributed by atoms with Gasteiger partial charge in [-0.1, -0.05) is 81.7 Å². The Morgan fingerprint density at radius 1 is 1.05 bits per heavy atom. The van der Waals surface area contributed by atoms with Crippen molar-refractivity contribution in [2.75, 3.05) is 18.5 Å². The van der Waals surface area contributed by atoms with Crippen LogP contribution in [0.4, 0.5) is 10.5 Å². The van der Waals surface area contributed by atoms with Crippen LogP contribution in [0.3, 0.4) is 0 Å². The number of aliphatic hydroxyl groups excluding tert-OH is 1. The fourth-order valence-electron chi connectivity index (χ4n) is 4.33. The average Bonchev–Trinajstić information content (AvgIpc) is 2.90. The molecule has 2 unspecified atom stereocenters. The molecule has 0 spiro atoms. The van der Waals surface area contributed by atoms with Crippen molar-refractivity contribution in [2.45, 2.75) is 84.4 Å². The monoisotopic (exact) mass is 551 g/mol. The highest BCUT2D eigenvalue weighted by Gasteiger charge is 2.36. The van der Waals surface area contributed by atoms with Crippen molar-refractivity contribution < 1.29 is 24.2 Å². The van der Waals surface area contributed by atoms with Crippen LogP contribution in [0.2, 0.25) is 0 Å². The quantitative estimate of drug-likeness (QED) is 0.250. The van der Waals surface area contributed by atoms with E-state index in [1.54, 1.807) is 32.9 Å². The topological polar surface area (TPSA) is 108 Å². The van der Waals surface area contributed by atoms with Gasteiger partial charge >= 0.3 is 6.09 Å². The molecule has 0 radical (unpaired) electrons. The van der Waals surface area contributed by atoms with Gasteiger partial charge in [0.1, 0.15) is 17.7 Å². The summed E-state index contributed by atoms with van der Waals surface area (Å²) >= 11 is 0. The van der Waals surface area contributed by atoms with E-state index in [2.05, 4.69) is 24.1 Å². The zero-order chi connectivity index (χ0) is 29.7. The molecule has 0 bridgehead atoms. The van der Waals surface area contributed by atoms with Gasteiger partial charge in [0.25, 0.3) is 5.91 Å². The van der Waals surface area contributed by atoms with Gasteiger partial charge in [-0.3, -0.25) is 9.59 Å². The van der Waals surface area contributed by atoms with Gasteiger partial charge in [-0.15, -0.1) is 0 Å². The first-order valence-corrected chi connectivity index (χ1v) is 14.0. The lowest BCUT2D eigenvalue weighted by atomic mass is 9.99. The molecule has 0 saturated carbocycles. The van der Waals surface area contributed by atoms with Gasteiger partial charge in [0.15, 0.2) is 0 Å². The first-order chi connectivity index (χ1) is 19.0.